The number of hydrogen-bond acceptors (Lipinski definition) is 3. The second-order valence-corrected chi connectivity index (χ2v) is 6.44. The van der Waals surface area contributed by atoms with E-state index in [2.05, 4.69) is 23.4 Å². The van der Waals surface area contributed by atoms with Crippen LogP contribution in [0.25, 0.3) is 0 Å². The highest BCUT2D eigenvalue weighted by Gasteiger charge is 2.43. The molecule has 0 amide bonds. The van der Waals surface area contributed by atoms with E-state index in [1.165, 1.54) is 38.1 Å². The van der Waals surface area contributed by atoms with Gasteiger partial charge in [0, 0.05) is 18.1 Å². The van der Waals surface area contributed by atoms with Gasteiger partial charge in [0.1, 0.15) is 0 Å². The Morgan fingerprint density at radius 2 is 1.80 bits per heavy atom. The molecule has 0 aromatic rings. The van der Waals surface area contributed by atoms with Crippen molar-refractivity contribution >= 4 is 5.96 Å². The monoisotopic (exact) mass is 273 g/mol. The molecule has 20 heavy (non-hydrogen) atoms. The van der Waals surface area contributed by atoms with Gasteiger partial charge >= 0.3 is 0 Å². The zero-order chi connectivity index (χ0) is 13.9. The molecule has 3 heterocycles. The fourth-order valence-corrected chi connectivity index (χ4v) is 4.06. The van der Waals surface area contributed by atoms with Crippen LogP contribution in [0.15, 0.2) is 30.3 Å². The Bertz CT molecular complexity index is 401. The third-order valence-corrected chi connectivity index (χ3v) is 5.03. The van der Waals surface area contributed by atoms with Crippen molar-refractivity contribution in [2.24, 2.45) is 4.99 Å². The first-order valence-corrected chi connectivity index (χ1v) is 8.16. The Labute approximate surface area is 122 Å². The molecule has 2 saturated heterocycles. The van der Waals surface area contributed by atoms with Crippen molar-refractivity contribution in [1.29, 1.82) is 0 Å². The second-order valence-electron chi connectivity index (χ2n) is 6.44. The molecule has 0 saturated carbocycles. The first-order valence-electron chi connectivity index (χ1n) is 8.16. The van der Waals surface area contributed by atoms with Crippen LogP contribution < -0.4 is 5.32 Å². The summed E-state index contributed by atoms with van der Waals surface area (Å²) in [4.78, 5) is 7.59. The highest BCUT2D eigenvalue weighted by atomic mass is 15.4. The Hall–Kier alpha value is -1.25. The van der Waals surface area contributed by atoms with Crippen LogP contribution in [-0.2, 0) is 0 Å². The van der Waals surface area contributed by atoms with Crippen LogP contribution in [0.2, 0.25) is 0 Å². The van der Waals surface area contributed by atoms with Gasteiger partial charge in [-0.25, -0.2) is 4.99 Å². The van der Waals surface area contributed by atoms with E-state index in [1.54, 1.807) is 0 Å². The lowest BCUT2D eigenvalue weighted by molar-refractivity contribution is 0.203. The number of nitrogens with one attached hydrogen (secondary N) is 1. The summed E-state index contributed by atoms with van der Waals surface area (Å²) in [5.74, 6) is 1.19. The maximum Gasteiger partial charge on any atom is 0.194 e. The largest absolute Gasteiger partial charge is 0.353 e. The van der Waals surface area contributed by atoms with E-state index in [-0.39, 0.29) is 0 Å². The van der Waals surface area contributed by atoms with Gasteiger partial charge in [0.05, 0.1) is 6.04 Å². The predicted octanol–water partition coefficient (Wildman–Crippen LogP) is 3.24. The van der Waals surface area contributed by atoms with E-state index < -0.39 is 0 Å². The van der Waals surface area contributed by atoms with Crippen LogP contribution in [0.3, 0.4) is 0 Å². The molecule has 110 valence electrons. The summed E-state index contributed by atoms with van der Waals surface area (Å²) < 4.78 is 0. The number of allylic oxidation sites excluding steroid dienone is 2. The summed E-state index contributed by atoms with van der Waals surface area (Å²) in [5.41, 5.74) is 0. The number of hydrogen-bond donors (Lipinski definition) is 1. The highest BCUT2D eigenvalue weighted by Crippen LogP contribution is 2.37. The normalized spacial score (nSPS) is 35.0. The third-order valence-electron chi connectivity index (χ3n) is 5.03. The van der Waals surface area contributed by atoms with E-state index in [9.17, 15) is 0 Å². The fraction of sp³-hybridized carbons (Fsp3) is 0.706. The molecule has 0 unspecified atom stereocenters. The highest BCUT2D eigenvalue weighted by molar-refractivity contribution is 5.83. The van der Waals surface area contributed by atoms with Crippen LogP contribution in [0.5, 0.6) is 0 Å². The van der Waals surface area contributed by atoms with Gasteiger partial charge < -0.3 is 10.2 Å². The van der Waals surface area contributed by atoms with Gasteiger partial charge in [-0.3, -0.25) is 0 Å². The summed E-state index contributed by atoms with van der Waals surface area (Å²) in [5, 5.41) is 3.70. The molecule has 2 fully saturated rings. The maximum atomic E-state index is 5.00. The zero-order valence-corrected chi connectivity index (χ0v) is 12.4. The van der Waals surface area contributed by atoms with Crippen molar-refractivity contribution in [3.8, 4) is 0 Å². The van der Waals surface area contributed by atoms with Gasteiger partial charge in [-0.2, -0.15) is 0 Å². The summed E-state index contributed by atoms with van der Waals surface area (Å²) in [6, 6.07) is 2.55. The Morgan fingerprint density at radius 3 is 2.55 bits per heavy atom. The second kappa shape index (κ2) is 6.02. The van der Waals surface area contributed by atoms with Crippen LogP contribution in [-0.4, -0.2) is 35.0 Å². The molecule has 3 aliphatic rings. The summed E-state index contributed by atoms with van der Waals surface area (Å²) in [7, 11) is 0. The van der Waals surface area contributed by atoms with Gasteiger partial charge in [-0.05, 0) is 51.4 Å². The number of nitrogens with zero attached hydrogens (tertiary/aromatic N) is 2. The molecule has 4 atom stereocenters. The number of aliphatic imine (C=N–C) groups is 1. The molecule has 0 bridgehead atoms. The average Bonchev–Trinajstić information content (AvgIpc) is 2.87. The van der Waals surface area contributed by atoms with Gasteiger partial charge in [0.25, 0.3) is 0 Å². The van der Waals surface area contributed by atoms with E-state index in [1.807, 2.05) is 12.2 Å². The SMILES string of the molecule is C=CCC[C@@H]1C[C@@H]2CC[C@@H]3C[C@H](CCC=C)NC(=N1)N32. The number of rotatable bonds is 6. The van der Waals surface area contributed by atoms with Crippen molar-refractivity contribution < 1.29 is 0 Å². The molecule has 0 radical (unpaired) electrons. The van der Waals surface area contributed by atoms with E-state index in [4.69, 9.17) is 4.99 Å². The van der Waals surface area contributed by atoms with Crippen LogP contribution >= 0.6 is 0 Å². The molecular weight excluding hydrogens is 246 g/mol. The molecule has 3 rings (SSSR count). The van der Waals surface area contributed by atoms with Gasteiger partial charge in [0.2, 0.25) is 0 Å². The zero-order valence-electron chi connectivity index (χ0n) is 12.4. The maximum absolute atomic E-state index is 5.00. The summed E-state index contributed by atoms with van der Waals surface area (Å²) >= 11 is 0. The summed E-state index contributed by atoms with van der Waals surface area (Å²) in [6.45, 7) is 7.68. The minimum atomic E-state index is 0.494. The molecule has 3 aliphatic heterocycles. The van der Waals surface area contributed by atoms with Gasteiger partial charge in [-0.15, -0.1) is 13.2 Å². The quantitative estimate of drug-likeness (QED) is 0.752. The Morgan fingerprint density at radius 1 is 1.10 bits per heavy atom. The van der Waals surface area contributed by atoms with Gasteiger partial charge in [-0.1, -0.05) is 12.2 Å². The standard InChI is InChI=1S/C17H27N3/c1-3-5-7-13-11-15-9-10-16-12-14(8-6-4-2)19-17(18-13)20(15)16/h3-4,13-16H,1-2,5-12H2,(H,18,19)/t13-,14+,15+,16-. The lowest BCUT2D eigenvalue weighted by Gasteiger charge is -2.45. The van der Waals surface area contributed by atoms with Gasteiger partial charge in [0.15, 0.2) is 5.96 Å². The first kappa shape index (κ1) is 13.7. The van der Waals surface area contributed by atoms with Crippen molar-refractivity contribution in [3.63, 3.8) is 0 Å². The molecule has 1 N–H and O–H groups in total. The van der Waals surface area contributed by atoms with E-state index >= 15 is 0 Å². The number of guanidine groups is 1. The minimum Gasteiger partial charge on any atom is -0.353 e. The van der Waals surface area contributed by atoms with Crippen LogP contribution in [0.4, 0.5) is 0 Å². The van der Waals surface area contributed by atoms with Crippen molar-refractivity contribution in [3.05, 3.63) is 25.3 Å². The first-order chi connectivity index (χ1) is 9.81. The lowest BCUT2D eigenvalue weighted by Crippen LogP contribution is -2.59. The molecule has 3 heteroatoms. The van der Waals surface area contributed by atoms with Crippen molar-refractivity contribution in [1.82, 2.24) is 10.2 Å². The molecule has 0 aromatic heterocycles. The van der Waals surface area contributed by atoms with Crippen molar-refractivity contribution in [2.75, 3.05) is 0 Å². The topological polar surface area (TPSA) is 27.6 Å². The molecule has 0 aliphatic carbocycles. The van der Waals surface area contributed by atoms with E-state index in [0.717, 1.165) is 31.3 Å². The van der Waals surface area contributed by atoms with Crippen LogP contribution in [0.1, 0.15) is 51.4 Å². The molecule has 0 spiro atoms. The molecule has 0 aromatic carbocycles. The Kier molecular flexibility index (Phi) is 4.13. The van der Waals surface area contributed by atoms with Crippen LogP contribution in [0, 0.1) is 0 Å². The minimum absolute atomic E-state index is 0.494. The van der Waals surface area contributed by atoms with E-state index in [0.29, 0.717) is 12.1 Å². The Balaban J connectivity index is 1.71. The molecule has 3 nitrogen and oxygen atoms in total. The smallest absolute Gasteiger partial charge is 0.194 e. The predicted molar refractivity (Wildman–Crippen MR) is 84.9 cm³/mol. The average molecular weight is 273 g/mol. The van der Waals surface area contributed by atoms with Crippen molar-refractivity contribution in [2.45, 2.75) is 75.5 Å². The third kappa shape index (κ3) is 2.63. The summed E-state index contributed by atoms with van der Waals surface area (Å²) in [6.07, 6.45) is 13.8. The molecular formula is C17H27N3. The lowest BCUT2D eigenvalue weighted by atomic mass is 9.97. The fourth-order valence-electron chi connectivity index (χ4n) is 4.06.